The molecule has 0 heterocycles. The van der Waals surface area contributed by atoms with Gasteiger partial charge in [-0.2, -0.15) is 0 Å². The molecule has 0 aliphatic rings. The Labute approximate surface area is 118 Å². The summed E-state index contributed by atoms with van der Waals surface area (Å²) < 4.78 is 5.72. The molecule has 4 heteroatoms. The van der Waals surface area contributed by atoms with Gasteiger partial charge in [-0.15, -0.1) is 12.4 Å². The van der Waals surface area contributed by atoms with Gasteiger partial charge in [0.1, 0.15) is 11.5 Å². The maximum absolute atomic E-state index is 6.03. The third kappa shape index (κ3) is 3.39. The van der Waals surface area contributed by atoms with Crippen molar-refractivity contribution in [1.29, 1.82) is 0 Å². The molecule has 2 aromatic rings. The monoisotopic (exact) mass is 283 g/mol. The largest absolute Gasteiger partial charge is 0.456 e. The van der Waals surface area contributed by atoms with Crippen LogP contribution < -0.4 is 10.5 Å². The van der Waals surface area contributed by atoms with Gasteiger partial charge in [-0.3, -0.25) is 0 Å². The van der Waals surface area contributed by atoms with Crippen LogP contribution in [-0.4, -0.2) is 0 Å². The fraction of sp³-hybridized carbons (Fsp3) is 0.143. The highest BCUT2D eigenvalue weighted by molar-refractivity contribution is 6.32. The average Bonchev–Trinajstić information content (AvgIpc) is 2.32. The van der Waals surface area contributed by atoms with Crippen molar-refractivity contribution in [3.8, 4) is 11.5 Å². The molecule has 18 heavy (non-hydrogen) atoms. The summed E-state index contributed by atoms with van der Waals surface area (Å²) in [5.41, 5.74) is 7.86. The van der Waals surface area contributed by atoms with Gasteiger partial charge in [0, 0.05) is 6.54 Å². The zero-order valence-electron chi connectivity index (χ0n) is 10.0. The molecule has 2 nitrogen and oxygen atoms in total. The first-order chi connectivity index (χ1) is 8.20. The summed E-state index contributed by atoms with van der Waals surface area (Å²) in [6, 6.07) is 13.2. The predicted octanol–water partition coefficient (Wildman–Crippen LogP) is 4.32. The summed E-state index contributed by atoms with van der Waals surface area (Å²) in [5.74, 6) is 1.43. The third-order valence-electron chi connectivity index (χ3n) is 2.60. The molecule has 2 rings (SSSR count). The van der Waals surface area contributed by atoms with Crippen LogP contribution >= 0.6 is 24.0 Å². The fourth-order valence-electron chi connectivity index (χ4n) is 1.62. The van der Waals surface area contributed by atoms with Crippen molar-refractivity contribution in [2.45, 2.75) is 13.5 Å². The molecule has 0 spiro atoms. The van der Waals surface area contributed by atoms with E-state index in [4.69, 9.17) is 22.1 Å². The second-order valence-electron chi connectivity index (χ2n) is 3.82. The molecule has 0 fully saturated rings. The Morgan fingerprint density at radius 2 is 1.89 bits per heavy atom. The Hall–Kier alpha value is -1.22. The minimum atomic E-state index is 0. The van der Waals surface area contributed by atoms with Crippen molar-refractivity contribution in [3.63, 3.8) is 0 Å². The van der Waals surface area contributed by atoms with Gasteiger partial charge in [0.2, 0.25) is 0 Å². The number of hydrogen-bond donors (Lipinski definition) is 1. The molecular weight excluding hydrogens is 269 g/mol. The maximum Gasteiger partial charge on any atom is 0.146 e. The van der Waals surface area contributed by atoms with Crippen LogP contribution in [0.5, 0.6) is 11.5 Å². The van der Waals surface area contributed by atoms with Crippen LogP contribution in [0.1, 0.15) is 11.1 Å². The van der Waals surface area contributed by atoms with Crippen LogP contribution in [0.25, 0.3) is 0 Å². The first kappa shape index (κ1) is 14.8. The van der Waals surface area contributed by atoms with Gasteiger partial charge in [-0.25, -0.2) is 0 Å². The van der Waals surface area contributed by atoms with Crippen LogP contribution in [0, 0.1) is 6.92 Å². The van der Waals surface area contributed by atoms with Gasteiger partial charge in [0.15, 0.2) is 0 Å². The number of para-hydroxylation sites is 1. The van der Waals surface area contributed by atoms with Crippen molar-refractivity contribution in [1.82, 2.24) is 0 Å². The lowest BCUT2D eigenvalue weighted by Crippen LogP contribution is -1.98. The minimum Gasteiger partial charge on any atom is -0.456 e. The van der Waals surface area contributed by atoms with E-state index in [1.807, 2.05) is 43.3 Å². The summed E-state index contributed by atoms with van der Waals surface area (Å²) >= 11 is 6.03. The van der Waals surface area contributed by atoms with Crippen LogP contribution in [0.4, 0.5) is 0 Å². The Morgan fingerprint density at radius 1 is 1.17 bits per heavy atom. The summed E-state index contributed by atoms with van der Waals surface area (Å²) in [7, 11) is 0. The molecule has 2 N–H and O–H groups in total. The fourth-order valence-corrected chi connectivity index (χ4v) is 1.79. The molecule has 0 amide bonds. The molecule has 0 aliphatic carbocycles. The lowest BCUT2D eigenvalue weighted by Gasteiger charge is -2.09. The molecule has 0 aliphatic heterocycles. The maximum atomic E-state index is 6.03. The van der Waals surface area contributed by atoms with E-state index in [9.17, 15) is 0 Å². The van der Waals surface area contributed by atoms with E-state index in [1.165, 1.54) is 0 Å². The number of benzene rings is 2. The number of rotatable bonds is 3. The normalized spacial score (nSPS) is 9.72. The highest BCUT2D eigenvalue weighted by Gasteiger charge is 2.03. The number of halogens is 2. The number of nitrogens with two attached hydrogens (primary N) is 1. The summed E-state index contributed by atoms with van der Waals surface area (Å²) in [4.78, 5) is 0. The molecule has 96 valence electrons. The van der Waals surface area contributed by atoms with Gasteiger partial charge in [-0.05, 0) is 42.3 Å². The Kier molecular flexibility index (Phi) is 5.48. The van der Waals surface area contributed by atoms with E-state index in [2.05, 4.69) is 0 Å². The molecule has 0 unspecified atom stereocenters. The van der Waals surface area contributed by atoms with Gasteiger partial charge >= 0.3 is 0 Å². The molecular formula is C14H15Cl2NO. The van der Waals surface area contributed by atoms with E-state index in [-0.39, 0.29) is 12.4 Å². The molecule has 0 bridgehead atoms. The first-order valence-corrected chi connectivity index (χ1v) is 5.80. The number of ether oxygens (including phenoxy) is 1. The van der Waals surface area contributed by atoms with Crippen LogP contribution in [0.2, 0.25) is 5.02 Å². The lowest BCUT2D eigenvalue weighted by molar-refractivity contribution is 0.482. The van der Waals surface area contributed by atoms with Crippen LogP contribution in [-0.2, 0) is 6.54 Å². The SMILES string of the molecule is Cc1cc(Oc2ccccc2Cl)ccc1CN.Cl. The molecule has 0 atom stereocenters. The predicted molar refractivity (Wildman–Crippen MR) is 77.8 cm³/mol. The van der Waals surface area contributed by atoms with Gasteiger partial charge in [-0.1, -0.05) is 29.8 Å². The second-order valence-corrected chi connectivity index (χ2v) is 4.23. The summed E-state index contributed by atoms with van der Waals surface area (Å²) in [6.07, 6.45) is 0. The summed E-state index contributed by atoms with van der Waals surface area (Å²) in [5, 5.41) is 0.605. The molecule has 0 radical (unpaired) electrons. The molecule has 0 saturated carbocycles. The van der Waals surface area contributed by atoms with E-state index >= 15 is 0 Å². The quantitative estimate of drug-likeness (QED) is 0.910. The highest BCUT2D eigenvalue weighted by Crippen LogP contribution is 2.29. The standard InChI is InChI=1S/C14H14ClNO.ClH/c1-10-8-12(7-6-11(10)9-16)17-14-5-3-2-4-13(14)15;/h2-8H,9,16H2,1H3;1H. The molecule has 0 saturated heterocycles. The third-order valence-corrected chi connectivity index (χ3v) is 2.91. The Morgan fingerprint density at radius 3 is 2.50 bits per heavy atom. The number of aryl methyl sites for hydroxylation is 1. The average molecular weight is 284 g/mol. The summed E-state index contributed by atoms with van der Waals surface area (Å²) in [6.45, 7) is 2.56. The highest BCUT2D eigenvalue weighted by atomic mass is 35.5. The smallest absolute Gasteiger partial charge is 0.146 e. The van der Waals surface area contributed by atoms with E-state index in [0.29, 0.717) is 17.3 Å². The van der Waals surface area contributed by atoms with Gasteiger partial charge in [0.25, 0.3) is 0 Å². The van der Waals surface area contributed by atoms with Crippen molar-refractivity contribution in [2.24, 2.45) is 5.73 Å². The van der Waals surface area contributed by atoms with Crippen molar-refractivity contribution in [2.75, 3.05) is 0 Å². The van der Waals surface area contributed by atoms with Crippen molar-refractivity contribution >= 4 is 24.0 Å². The van der Waals surface area contributed by atoms with E-state index < -0.39 is 0 Å². The zero-order valence-corrected chi connectivity index (χ0v) is 11.6. The molecule has 0 aromatic heterocycles. The van der Waals surface area contributed by atoms with Crippen molar-refractivity contribution < 1.29 is 4.74 Å². The van der Waals surface area contributed by atoms with E-state index in [0.717, 1.165) is 16.9 Å². The van der Waals surface area contributed by atoms with Crippen molar-refractivity contribution in [3.05, 3.63) is 58.6 Å². The number of hydrogen-bond acceptors (Lipinski definition) is 2. The second kappa shape index (κ2) is 6.64. The lowest BCUT2D eigenvalue weighted by atomic mass is 10.1. The minimum absolute atomic E-state index is 0. The topological polar surface area (TPSA) is 35.2 Å². The van der Waals surface area contributed by atoms with Gasteiger partial charge in [0.05, 0.1) is 5.02 Å². The zero-order chi connectivity index (χ0) is 12.3. The van der Waals surface area contributed by atoms with Gasteiger partial charge < -0.3 is 10.5 Å². The van der Waals surface area contributed by atoms with Crippen LogP contribution in [0.3, 0.4) is 0 Å². The van der Waals surface area contributed by atoms with Crippen LogP contribution in [0.15, 0.2) is 42.5 Å². The Balaban J connectivity index is 0.00000162. The molecule has 2 aromatic carbocycles. The first-order valence-electron chi connectivity index (χ1n) is 5.42. The van der Waals surface area contributed by atoms with E-state index in [1.54, 1.807) is 6.07 Å². The Bertz CT molecular complexity index is 529.